The molecule has 1 aromatic carbocycles. The van der Waals surface area contributed by atoms with Gasteiger partial charge in [-0.2, -0.15) is 5.10 Å². The van der Waals surface area contributed by atoms with E-state index in [2.05, 4.69) is 15.5 Å². The molecule has 0 aliphatic rings. The molecule has 6 heteroatoms. The van der Waals surface area contributed by atoms with Crippen LogP contribution in [0.2, 0.25) is 5.15 Å². The second-order valence-electron chi connectivity index (χ2n) is 3.46. The minimum atomic E-state index is -0.0559. The maximum atomic E-state index is 9.52. The van der Waals surface area contributed by atoms with Crippen LogP contribution >= 0.6 is 11.6 Å². The molecule has 2 aromatic rings. The van der Waals surface area contributed by atoms with Crippen molar-refractivity contribution in [2.75, 3.05) is 5.43 Å². The lowest BCUT2D eigenvalue weighted by atomic mass is 10.2. The molecule has 18 heavy (non-hydrogen) atoms. The molecule has 0 amide bonds. The Hall–Kier alpha value is -2.27. The number of hydrogen-bond acceptors (Lipinski definition) is 5. The molecule has 1 aromatic heterocycles. The van der Waals surface area contributed by atoms with Crippen molar-refractivity contribution in [2.45, 2.75) is 0 Å². The third kappa shape index (κ3) is 3.11. The zero-order chi connectivity index (χ0) is 13.0. The summed E-state index contributed by atoms with van der Waals surface area (Å²) in [7, 11) is 0. The molecular weight excluding hydrogens is 254 g/mol. The Kier molecular flexibility index (Phi) is 3.64. The number of benzene rings is 1. The predicted molar refractivity (Wildman–Crippen MR) is 70.2 cm³/mol. The quantitative estimate of drug-likeness (QED) is 0.452. The second kappa shape index (κ2) is 5.37. The van der Waals surface area contributed by atoms with Crippen LogP contribution in [0.5, 0.6) is 11.5 Å². The van der Waals surface area contributed by atoms with Gasteiger partial charge in [0.2, 0.25) is 0 Å². The first kappa shape index (κ1) is 12.2. The highest BCUT2D eigenvalue weighted by molar-refractivity contribution is 6.29. The van der Waals surface area contributed by atoms with Crippen LogP contribution in [0.25, 0.3) is 0 Å². The van der Waals surface area contributed by atoms with Crippen molar-refractivity contribution >= 4 is 23.6 Å². The summed E-state index contributed by atoms with van der Waals surface area (Å²) in [5.41, 5.74) is 3.15. The van der Waals surface area contributed by atoms with Crippen molar-refractivity contribution in [3.05, 3.63) is 47.1 Å². The molecule has 92 valence electrons. The monoisotopic (exact) mass is 263 g/mol. The fraction of sp³-hybridized carbons (Fsp3) is 0. The van der Waals surface area contributed by atoms with Crippen molar-refractivity contribution in [3.8, 4) is 11.5 Å². The molecule has 0 spiro atoms. The highest BCUT2D eigenvalue weighted by Gasteiger charge is 1.99. The van der Waals surface area contributed by atoms with E-state index >= 15 is 0 Å². The fourth-order valence-corrected chi connectivity index (χ4v) is 1.44. The molecule has 0 bridgehead atoms. The van der Waals surface area contributed by atoms with E-state index in [0.717, 1.165) is 0 Å². The van der Waals surface area contributed by atoms with Gasteiger partial charge in [-0.3, -0.25) is 5.43 Å². The van der Waals surface area contributed by atoms with E-state index in [-0.39, 0.29) is 11.5 Å². The number of phenols is 2. The van der Waals surface area contributed by atoms with Crippen molar-refractivity contribution < 1.29 is 10.2 Å². The summed E-state index contributed by atoms with van der Waals surface area (Å²) in [6.45, 7) is 0. The zero-order valence-electron chi connectivity index (χ0n) is 9.21. The molecule has 0 radical (unpaired) electrons. The first-order chi connectivity index (χ1) is 8.65. The first-order valence-corrected chi connectivity index (χ1v) is 5.46. The molecule has 3 N–H and O–H groups in total. The normalized spacial score (nSPS) is 10.7. The SMILES string of the molecule is Oc1ccc(/C=N\Nc2cccc(Cl)n2)c(O)c1. The van der Waals surface area contributed by atoms with Crippen molar-refractivity contribution in [1.29, 1.82) is 0 Å². The van der Waals surface area contributed by atoms with Gasteiger partial charge in [-0.05, 0) is 24.3 Å². The summed E-state index contributed by atoms with van der Waals surface area (Å²) >= 11 is 5.71. The van der Waals surface area contributed by atoms with E-state index in [0.29, 0.717) is 16.5 Å². The lowest BCUT2D eigenvalue weighted by Gasteiger charge is -2.01. The standard InChI is InChI=1S/C12H10ClN3O2/c13-11-2-1-3-12(15-11)16-14-7-8-4-5-9(17)6-10(8)18/h1-7,17-18H,(H,15,16)/b14-7-. The summed E-state index contributed by atoms with van der Waals surface area (Å²) in [5.74, 6) is 0.436. The average Bonchev–Trinajstić information content (AvgIpc) is 2.32. The molecule has 0 saturated heterocycles. The number of halogens is 1. The number of hydrazone groups is 1. The number of rotatable bonds is 3. The third-order valence-electron chi connectivity index (χ3n) is 2.11. The van der Waals surface area contributed by atoms with Crippen molar-refractivity contribution in [2.24, 2.45) is 5.10 Å². The molecule has 0 unspecified atom stereocenters. The molecule has 2 rings (SSSR count). The summed E-state index contributed by atoms with van der Waals surface area (Å²) in [4.78, 5) is 3.98. The number of pyridine rings is 1. The lowest BCUT2D eigenvalue weighted by Crippen LogP contribution is -1.93. The predicted octanol–water partition coefficient (Wildman–Crippen LogP) is 2.59. The van der Waals surface area contributed by atoms with E-state index in [1.54, 1.807) is 24.3 Å². The van der Waals surface area contributed by atoms with Gasteiger partial charge in [0.05, 0.1) is 6.21 Å². The number of anilines is 1. The topological polar surface area (TPSA) is 77.7 Å². The van der Waals surface area contributed by atoms with Crippen LogP contribution in [-0.2, 0) is 0 Å². The molecule has 0 aliphatic carbocycles. The molecule has 0 saturated carbocycles. The number of aromatic hydroxyl groups is 2. The van der Waals surface area contributed by atoms with Crippen LogP contribution in [-0.4, -0.2) is 21.4 Å². The number of hydrogen-bond donors (Lipinski definition) is 3. The van der Waals surface area contributed by atoms with Crippen LogP contribution in [0.15, 0.2) is 41.5 Å². The highest BCUT2D eigenvalue weighted by atomic mass is 35.5. The molecule has 0 fully saturated rings. The van der Waals surface area contributed by atoms with Crippen LogP contribution < -0.4 is 5.43 Å². The Morgan fingerprint density at radius 2 is 2.06 bits per heavy atom. The summed E-state index contributed by atoms with van der Waals surface area (Å²) in [6.07, 6.45) is 1.41. The van der Waals surface area contributed by atoms with E-state index in [9.17, 15) is 5.11 Å². The Morgan fingerprint density at radius 1 is 1.22 bits per heavy atom. The van der Waals surface area contributed by atoms with E-state index in [1.165, 1.54) is 18.3 Å². The molecule has 1 heterocycles. The van der Waals surface area contributed by atoms with E-state index in [4.69, 9.17) is 16.7 Å². The van der Waals surface area contributed by atoms with Gasteiger partial charge in [0.25, 0.3) is 0 Å². The van der Waals surface area contributed by atoms with Gasteiger partial charge in [-0.25, -0.2) is 4.98 Å². The second-order valence-corrected chi connectivity index (χ2v) is 3.85. The van der Waals surface area contributed by atoms with Crippen LogP contribution in [0.4, 0.5) is 5.82 Å². The van der Waals surface area contributed by atoms with Crippen molar-refractivity contribution in [3.63, 3.8) is 0 Å². The maximum absolute atomic E-state index is 9.52. The molecular formula is C12H10ClN3O2. The van der Waals surface area contributed by atoms with Gasteiger partial charge in [0, 0.05) is 11.6 Å². The van der Waals surface area contributed by atoms with Gasteiger partial charge >= 0.3 is 0 Å². The summed E-state index contributed by atoms with van der Waals surface area (Å²) in [5, 5.41) is 22.9. The Morgan fingerprint density at radius 3 is 2.78 bits per heavy atom. The van der Waals surface area contributed by atoms with Gasteiger partial charge in [0.15, 0.2) is 0 Å². The Balaban J connectivity index is 2.07. The van der Waals surface area contributed by atoms with Gasteiger partial charge < -0.3 is 10.2 Å². The highest BCUT2D eigenvalue weighted by Crippen LogP contribution is 2.20. The number of aromatic nitrogens is 1. The number of nitrogens with zero attached hydrogens (tertiary/aromatic N) is 2. The minimum absolute atomic E-state index is 0.00545. The third-order valence-corrected chi connectivity index (χ3v) is 2.32. The fourth-order valence-electron chi connectivity index (χ4n) is 1.28. The van der Waals surface area contributed by atoms with Crippen LogP contribution in [0.3, 0.4) is 0 Å². The first-order valence-electron chi connectivity index (χ1n) is 5.09. The summed E-state index contributed by atoms with van der Waals surface area (Å²) in [6, 6.07) is 9.34. The smallest absolute Gasteiger partial charge is 0.147 e. The molecule has 0 atom stereocenters. The van der Waals surface area contributed by atoms with Gasteiger partial charge in [-0.15, -0.1) is 0 Å². The largest absolute Gasteiger partial charge is 0.508 e. The molecule has 0 aliphatic heterocycles. The van der Waals surface area contributed by atoms with Gasteiger partial charge in [-0.1, -0.05) is 17.7 Å². The number of nitrogens with one attached hydrogen (secondary N) is 1. The molecule has 5 nitrogen and oxygen atoms in total. The van der Waals surface area contributed by atoms with Crippen LogP contribution in [0, 0.1) is 0 Å². The average molecular weight is 264 g/mol. The van der Waals surface area contributed by atoms with Crippen molar-refractivity contribution in [1.82, 2.24) is 4.98 Å². The number of phenolic OH excluding ortho intramolecular Hbond substituents is 2. The minimum Gasteiger partial charge on any atom is -0.508 e. The Bertz CT molecular complexity index is 587. The summed E-state index contributed by atoms with van der Waals surface area (Å²) < 4.78 is 0. The van der Waals surface area contributed by atoms with Gasteiger partial charge in [0.1, 0.15) is 22.5 Å². The lowest BCUT2D eigenvalue weighted by molar-refractivity contribution is 0.450. The van der Waals surface area contributed by atoms with E-state index in [1.807, 2.05) is 0 Å². The Labute approximate surface area is 108 Å². The van der Waals surface area contributed by atoms with E-state index < -0.39 is 0 Å². The maximum Gasteiger partial charge on any atom is 0.147 e. The zero-order valence-corrected chi connectivity index (χ0v) is 9.96. The van der Waals surface area contributed by atoms with Crippen LogP contribution in [0.1, 0.15) is 5.56 Å².